The Hall–Kier alpha value is -0.160. The molecule has 3 atom stereocenters. The maximum Gasteiger partial charge on any atom is 0.0702 e. The molecular formula is C13H26N2O2. The third kappa shape index (κ3) is 3.91. The first-order valence-corrected chi connectivity index (χ1v) is 6.91. The van der Waals surface area contributed by atoms with Crippen LogP contribution in [0.15, 0.2) is 0 Å². The molecule has 0 aromatic heterocycles. The van der Waals surface area contributed by atoms with Gasteiger partial charge in [-0.1, -0.05) is 6.92 Å². The number of ether oxygens (including phenoxy) is 2. The average Bonchev–Trinajstić information content (AvgIpc) is 2.92. The summed E-state index contributed by atoms with van der Waals surface area (Å²) in [4.78, 5) is 2.40. The second kappa shape index (κ2) is 6.69. The van der Waals surface area contributed by atoms with E-state index in [1.807, 2.05) is 0 Å². The molecule has 2 heterocycles. The van der Waals surface area contributed by atoms with Crippen LogP contribution in [0.3, 0.4) is 0 Å². The Kier molecular flexibility index (Phi) is 5.22. The van der Waals surface area contributed by atoms with Crippen LogP contribution >= 0.6 is 0 Å². The number of nitrogens with zero attached hydrogens (tertiary/aromatic N) is 1. The SMILES string of the molecule is CCNC1COCC1CN(C)CC1CCCO1. The molecule has 3 unspecified atom stereocenters. The van der Waals surface area contributed by atoms with Crippen molar-refractivity contribution < 1.29 is 9.47 Å². The van der Waals surface area contributed by atoms with Crippen LogP contribution < -0.4 is 5.32 Å². The van der Waals surface area contributed by atoms with Gasteiger partial charge in [0.25, 0.3) is 0 Å². The molecule has 0 radical (unpaired) electrons. The van der Waals surface area contributed by atoms with Gasteiger partial charge in [0, 0.05) is 31.7 Å². The number of hydrogen-bond donors (Lipinski definition) is 1. The molecule has 0 amide bonds. The topological polar surface area (TPSA) is 33.7 Å². The van der Waals surface area contributed by atoms with E-state index in [9.17, 15) is 0 Å². The summed E-state index contributed by atoms with van der Waals surface area (Å²) in [7, 11) is 2.20. The summed E-state index contributed by atoms with van der Waals surface area (Å²) in [6, 6.07) is 0.534. The van der Waals surface area contributed by atoms with E-state index in [1.54, 1.807) is 0 Å². The van der Waals surface area contributed by atoms with E-state index < -0.39 is 0 Å². The third-order valence-corrected chi connectivity index (χ3v) is 3.75. The quantitative estimate of drug-likeness (QED) is 0.744. The zero-order chi connectivity index (χ0) is 12.1. The molecule has 0 saturated carbocycles. The van der Waals surface area contributed by atoms with Gasteiger partial charge in [-0.05, 0) is 26.4 Å². The smallest absolute Gasteiger partial charge is 0.0702 e. The van der Waals surface area contributed by atoms with Crippen molar-refractivity contribution >= 4 is 0 Å². The number of likely N-dealkylation sites (N-methyl/N-ethyl adjacent to an activating group) is 2. The van der Waals surface area contributed by atoms with Crippen molar-refractivity contribution in [2.24, 2.45) is 5.92 Å². The second-order valence-corrected chi connectivity index (χ2v) is 5.32. The molecule has 2 aliphatic rings. The fraction of sp³-hybridized carbons (Fsp3) is 1.00. The summed E-state index contributed by atoms with van der Waals surface area (Å²) in [6.07, 6.45) is 2.91. The van der Waals surface area contributed by atoms with Gasteiger partial charge in [0.2, 0.25) is 0 Å². The molecule has 2 saturated heterocycles. The van der Waals surface area contributed by atoms with Gasteiger partial charge in [-0.3, -0.25) is 0 Å². The van der Waals surface area contributed by atoms with Crippen molar-refractivity contribution in [3.05, 3.63) is 0 Å². The zero-order valence-electron chi connectivity index (χ0n) is 11.2. The maximum atomic E-state index is 5.67. The molecule has 0 bridgehead atoms. The van der Waals surface area contributed by atoms with Crippen LogP contribution in [0.4, 0.5) is 0 Å². The monoisotopic (exact) mass is 242 g/mol. The van der Waals surface area contributed by atoms with Crippen LogP contribution in [0, 0.1) is 5.92 Å². The first kappa shape index (κ1) is 13.3. The molecule has 2 fully saturated rings. The Balaban J connectivity index is 1.71. The summed E-state index contributed by atoms with van der Waals surface area (Å²) in [5.74, 6) is 0.626. The molecule has 100 valence electrons. The summed E-state index contributed by atoms with van der Waals surface area (Å²) >= 11 is 0. The Morgan fingerprint density at radius 1 is 1.29 bits per heavy atom. The van der Waals surface area contributed by atoms with E-state index in [0.717, 1.165) is 39.5 Å². The first-order chi connectivity index (χ1) is 8.29. The van der Waals surface area contributed by atoms with E-state index in [0.29, 0.717) is 18.1 Å². The molecule has 0 spiro atoms. The lowest BCUT2D eigenvalue weighted by molar-refractivity contribution is 0.0745. The minimum Gasteiger partial charge on any atom is -0.379 e. The standard InChI is InChI=1S/C13H26N2O2/c1-3-14-13-10-16-9-11(13)7-15(2)8-12-5-4-6-17-12/h11-14H,3-10H2,1-2H3. The van der Waals surface area contributed by atoms with E-state index in [4.69, 9.17) is 9.47 Å². The second-order valence-electron chi connectivity index (χ2n) is 5.32. The molecular weight excluding hydrogens is 216 g/mol. The van der Waals surface area contributed by atoms with Crippen molar-refractivity contribution in [3.8, 4) is 0 Å². The zero-order valence-corrected chi connectivity index (χ0v) is 11.2. The first-order valence-electron chi connectivity index (χ1n) is 6.91. The third-order valence-electron chi connectivity index (χ3n) is 3.75. The van der Waals surface area contributed by atoms with Crippen LogP contribution in [0.25, 0.3) is 0 Å². The largest absolute Gasteiger partial charge is 0.379 e. The van der Waals surface area contributed by atoms with Crippen molar-refractivity contribution in [2.75, 3.05) is 46.5 Å². The molecule has 4 heteroatoms. The van der Waals surface area contributed by atoms with Gasteiger partial charge in [0.05, 0.1) is 19.3 Å². The molecule has 0 aromatic rings. The molecule has 1 N–H and O–H groups in total. The number of nitrogens with one attached hydrogen (secondary N) is 1. The van der Waals surface area contributed by atoms with E-state index in [2.05, 4.69) is 24.2 Å². The Bertz CT molecular complexity index is 219. The lowest BCUT2D eigenvalue weighted by Crippen LogP contribution is -2.42. The van der Waals surface area contributed by atoms with E-state index >= 15 is 0 Å². The van der Waals surface area contributed by atoms with Crippen LogP contribution in [-0.4, -0.2) is 63.5 Å². The predicted octanol–water partition coefficient (Wildman–Crippen LogP) is 0.722. The molecule has 17 heavy (non-hydrogen) atoms. The minimum atomic E-state index is 0.458. The number of hydrogen-bond acceptors (Lipinski definition) is 4. The average molecular weight is 242 g/mol. The molecule has 2 rings (SSSR count). The Morgan fingerprint density at radius 2 is 2.18 bits per heavy atom. The van der Waals surface area contributed by atoms with Crippen LogP contribution in [0.1, 0.15) is 19.8 Å². The van der Waals surface area contributed by atoms with Crippen LogP contribution in [0.2, 0.25) is 0 Å². The molecule has 4 nitrogen and oxygen atoms in total. The molecule has 0 aliphatic carbocycles. The van der Waals surface area contributed by atoms with Gasteiger partial charge >= 0.3 is 0 Å². The normalized spacial score (nSPS) is 33.7. The summed E-state index contributed by atoms with van der Waals surface area (Å²) in [5, 5.41) is 3.51. The summed E-state index contributed by atoms with van der Waals surface area (Å²) < 4.78 is 11.2. The highest BCUT2D eigenvalue weighted by atomic mass is 16.5. The van der Waals surface area contributed by atoms with E-state index in [-0.39, 0.29) is 0 Å². The van der Waals surface area contributed by atoms with Crippen LogP contribution in [0.5, 0.6) is 0 Å². The van der Waals surface area contributed by atoms with Crippen molar-refractivity contribution in [1.82, 2.24) is 10.2 Å². The van der Waals surface area contributed by atoms with Gasteiger partial charge < -0.3 is 19.7 Å². The van der Waals surface area contributed by atoms with Crippen molar-refractivity contribution in [3.63, 3.8) is 0 Å². The minimum absolute atomic E-state index is 0.458. The lowest BCUT2D eigenvalue weighted by atomic mass is 10.0. The maximum absolute atomic E-state index is 5.67. The van der Waals surface area contributed by atoms with Crippen molar-refractivity contribution in [1.29, 1.82) is 0 Å². The van der Waals surface area contributed by atoms with Crippen molar-refractivity contribution in [2.45, 2.75) is 31.9 Å². The highest BCUT2D eigenvalue weighted by Crippen LogP contribution is 2.17. The van der Waals surface area contributed by atoms with Gasteiger partial charge in [-0.2, -0.15) is 0 Å². The van der Waals surface area contributed by atoms with Gasteiger partial charge in [-0.15, -0.1) is 0 Å². The van der Waals surface area contributed by atoms with Crippen LogP contribution in [-0.2, 0) is 9.47 Å². The van der Waals surface area contributed by atoms with Gasteiger partial charge in [0.1, 0.15) is 0 Å². The molecule has 0 aromatic carbocycles. The Labute approximate surface area is 105 Å². The Morgan fingerprint density at radius 3 is 2.88 bits per heavy atom. The number of rotatable bonds is 6. The fourth-order valence-electron chi connectivity index (χ4n) is 2.88. The summed E-state index contributed by atoms with van der Waals surface area (Å²) in [5.41, 5.74) is 0. The fourth-order valence-corrected chi connectivity index (χ4v) is 2.88. The lowest BCUT2D eigenvalue weighted by Gasteiger charge is -2.26. The van der Waals surface area contributed by atoms with E-state index in [1.165, 1.54) is 12.8 Å². The summed E-state index contributed by atoms with van der Waals surface area (Å²) in [6.45, 7) is 8.07. The highest BCUT2D eigenvalue weighted by Gasteiger charge is 2.29. The predicted molar refractivity (Wildman–Crippen MR) is 68.2 cm³/mol. The highest BCUT2D eigenvalue weighted by molar-refractivity contribution is 4.83. The van der Waals surface area contributed by atoms with Gasteiger partial charge in [0.15, 0.2) is 0 Å². The van der Waals surface area contributed by atoms with Gasteiger partial charge in [-0.25, -0.2) is 0 Å². The molecule has 2 aliphatic heterocycles.